The van der Waals surface area contributed by atoms with Crippen LogP contribution in [0.15, 0.2) is 42.5 Å². The zero-order chi connectivity index (χ0) is 32.6. The number of aliphatic hydroxyl groups excluding tert-OH is 1. The van der Waals surface area contributed by atoms with E-state index >= 15 is 0 Å². The van der Waals surface area contributed by atoms with Gasteiger partial charge in [-0.3, -0.25) is 19.0 Å². The van der Waals surface area contributed by atoms with E-state index in [-0.39, 0.29) is 31.5 Å². The number of esters is 2. The van der Waals surface area contributed by atoms with E-state index < -0.39 is 12.1 Å². The number of aliphatic hydroxyl groups is 1. The summed E-state index contributed by atoms with van der Waals surface area (Å²) in [5.41, 5.74) is 2.28. The lowest BCUT2D eigenvalue weighted by atomic mass is 10.1. The van der Waals surface area contributed by atoms with Crippen molar-refractivity contribution < 1.29 is 33.7 Å². The molecule has 0 saturated carbocycles. The Morgan fingerprint density at radius 3 is 2.00 bits per heavy atom. The number of fused-ring (bicyclic) bond motifs is 1. The summed E-state index contributed by atoms with van der Waals surface area (Å²) in [5.74, 6) is -0.618. The molecular weight excluding hydrogens is 594 g/mol. The van der Waals surface area contributed by atoms with E-state index in [0.717, 1.165) is 19.3 Å². The molecule has 1 N–H and O–H groups in total. The zero-order valence-corrected chi connectivity index (χ0v) is 27.7. The Kier molecular flexibility index (Phi) is 15.4. The highest BCUT2D eigenvalue weighted by Gasteiger charge is 2.23. The zero-order valence-electron chi connectivity index (χ0n) is 26.9. The number of aromatic nitrogens is 1. The third kappa shape index (κ3) is 11.5. The first-order valence-electron chi connectivity index (χ1n) is 16.2. The van der Waals surface area contributed by atoms with Crippen molar-refractivity contribution >= 4 is 40.3 Å². The summed E-state index contributed by atoms with van der Waals surface area (Å²) in [6.07, 6.45) is 12.2. The largest absolute Gasteiger partial charge is 0.497 e. The highest BCUT2D eigenvalue weighted by Crippen LogP contribution is 2.31. The van der Waals surface area contributed by atoms with E-state index in [4.69, 9.17) is 25.8 Å². The molecule has 9 heteroatoms. The molecule has 1 unspecified atom stereocenters. The van der Waals surface area contributed by atoms with Gasteiger partial charge >= 0.3 is 11.9 Å². The number of hydrogen-bond acceptors (Lipinski definition) is 7. The van der Waals surface area contributed by atoms with Gasteiger partial charge in [-0.1, -0.05) is 82.7 Å². The fourth-order valence-corrected chi connectivity index (χ4v) is 5.55. The SMILES string of the molecule is CCCCCCCCCCCCCC(=O)OCC(O)COC(=O)Cc1c(C)n(C(=O)c2ccc(Cl)cc2)c2ccc(OC)cc12. The molecule has 0 aliphatic carbocycles. The topological polar surface area (TPSA) is 104 Å². The molecule has 246 valence electrons. The lowest BCUT2D eigenvalue weighted by molar-refractivity contribution is -0.152. The van der Waals surface area contributed by atoms with Crippen LogP contribution < -0.4 is 4.74 Å². The van der Waals surface area contributed by atoms with Gasteiger partial charge < -0.3 is 19.3 Å². The lowest BCUT2D eigenvalue weighted by Crippen LogP contribution is -2.26. The lowest BCUT2D eigenvalue weighted by Gasteiger charge is -2.12. The predicted octanol–water partition coefficient (Wildman–Crippen LogP) is 7.99. The smallest absolute Gasteiger partial charge is 0.310 e. The predicted molar refractivity (Wildman–Crippen MR) is 177 cm³/mol. The van der Waals surface area contributed by atoms with Crippen LogP contribution in [0.1, 0.15) is 106 Å². The number of carbonyl (C=O) groups is 3. The Hall–Kier alpha value is -3.36. The summed E-state index contributed by atoms with van der Waals surface area (Å²) in [7, 11) is 1.55. The van der Waals surface area contributed by atoms with Crippen LogP contribution in [0.3, 0.4) is 0 Å². The molecule has 45 heavy (non-hydrogen) atoms. The fourth-order valence-electron chi connectivity index (χ4n) is 5.42. The molecule has 0 radical (unpaired) electrons. The third-order valence-electron chi connectivity index (χ3n) is 8.02. The molecule has 2 aromatic carbocycles. The molecule has 1 atom stereocenters. The van der Waals surface area contributed by atoms with Gasteiger partial charge in [0.25, 0.3) is 5.91 Å². The Morgan fingerprint density at radius 1 is 0.822 bits per heavy atom. The highest BCUT2D eigenvalue weighted by atomic mass is 35.5. The minimum atomic E-state index is -1.13. The van der Waals surface area contributed by atoms with Crippen LogP contribution in [0.4, 0.5) is 0 Å². The molecule has 3 aromatic rings. The number of hydrogen-bond donors (Lipinski definition) is 1. The molecule has 0 saturated heterocycles. The highest BCUT2D eigenvalue weighted by molar-refractivity contribution is 6.30. The summed E-state index contributed by atoms with van der Waals surface area (Å²) < 4.78 is 17.4. The van der Waals surface area contributed by atoms with Crippen molar-refractivity contribution in [1.29, 1.82) is 0 Å². The van der Waals surface area contributed by atoms with Crippen molar-refractivity contribution in [2.24, 2.45) is 0 Å². The van der Waals surface area contributed by atoms with Crippen molar-refractivity contribution in [3.8, 4) is 5.75 Å². The fraction of sp³-hybridized carbons (Fsp3) is 0.528. The molecule has 0 amide bonds. The molecule has 0 bridgehead atoms. The summed E-state index contributed by atoms with van der Waals surface area (Å²) in [5, 5.41) is 11.5. The number of carbonyl (C=O) groups excluding carboxylic acids is 3. The van der Waals surface area contributed by atoms with Gasteiger partial charge in [0.2, 0.25) is 0 Å². The van der Waals surface area contributed by atoms with Crippen molar-refractivity contribution in [3.63, 3.8) is 0 Å². The summed E-state index contributed by atoms with van der Waals surface area (Å²) in [6.45, 7) is 3.45. The normalized spacial score (nSPS) is 11.8. The number of benzene rings is 2. The monoisotopic (exact) mass is 641 g/mol. The quantitative estimate of drug-likeness (QED) is 0.0985. The molecule has 0 aliphatic heterocycles. The second-order valence-corrected chi connectivity index (χ2v) is 12.0. The second-order valence-electron chi connectivity index (χ2n) is 11.6. The van der Waals surface area contributed by atoms with Crippen LogP contribution in [0, 0.1) is 6.92 Å². The number of halogens is 1. The average molecular weight is 642 g/mol. The Labute approximate surface area is 272 Å². The summed E-state index contributed by atoms with van der Waals surface area (Å²) >= 11 is 6.00. The number of unbranched alkanes of at least 4 members (excludes halogenated alkanes) is 10. The molecule has 0 fully saturated rings. The maximum atomic E-state index is 13.5. The van der Waals surface area contributed by atoms with Crippen LogP contribution in [0.5, 0.6) is 5.75 Å². The van der Waals surface area contributed by atoms with Crippen molar-refractivity contribution in [2.75, 3.05) is 20.3 Å². The molecule has 0 spiro atoms. The number of ether oxygens (including phenoxy) is 3. The molecule has 0 aliphatic rings. The number of nitrogens with zero attached hydrogens (tertiary/aromatic N) is 1. The maximum absolute atomic E-state index is 13.5. The first-order chi connectivity index (χ1) is 21.7. The van der Waals surface area contributed by atoms with E-state index in [1.807, 2.05) is 0 Å². The van der Waals surface area contributed by atoms with Gasteiger partial charge in [0.05, 0.1) is 19.0 Å². The van der Waals surface area contributed by atoms with Gasteiger partial charge in [-0.2, -0.15) is 0 Å². The first-order valence-corrected chi connectivity index (χ1v) is 16.6. The van der Waals surface area contributed by atoms with E-state index in [1.54, 1.807) is 61.1 Å². The molecule has 3 rings (SSSR count). The molecular formula is C36H48ClNO7. The summed E-state index contributed by atoms with van der Waals surface area (Å²) in [4.78, 5) is 38.4. The third-order valence-corrected chi connectivity index (χ3v) is 8.27. The maximum Gasteiger partial charge on any atom is 0.310 e. The van der Waals surface area contributed by atoms with E-state index in [0.29, 0.717) is 44.9 Å². The van der Waals surface area contributed by atoms with Crippen LogP contribution >= 0.6 is 11.6 Å². The minimum absolute atomic E-state index is 0.123. The number of methoxy groups -OCH3 is 1. The van der Waals surface area contributed by atoms with Crippen LogP contribution in [-0.4, -0.2) is 53.9 Å². The van der Waals surface area contributed by atoms with Gasteiger partial charge in [-0.25, -0.2) is 0 Å². The molecule has 1 aromatic heterocycles. The van der Waals surface area contributed by atoms with E-state index in [2.05, 4.69) is 6.92 Å². The Balaban J connectivity index is 1.44. The van der Waals surface area contributed by atoms with Crippen LogP contribution in [0.25, 0.3) is 10.9 Å². The Morgan fingerprint density at radius 2 is 1.40 bits per heavy atom. The van der Waals surface area contributed by atoms with Gasteiger partial charge in [-0.05, 0) is 61.4 Å². The van der Waals surface area contributed by atoms with Gasteiger partial charge in [0.15, 0.2) is 0 Å². The average Bonchev–Trinajstić information content (AvgIpc) is 3.31. The van der Waals surface area contributed by atoms with Gasteiger partial charge in [0.1, 0.15) is 25.1 Å². The van der Waals surface area contributed by atoms with Gasteiger partial charge in [-0.15, -0.1) is 0 Å². The van der Waals surface area contributed by atoms with Crippen LogP contribution in [0.2, 0.25) is 5.02 Å². The van der Waals surface area contributed by atoms with Crippen molar-refractivity contribution in [3.05, 3.63) is 64.3 Å². The van der Waals surface area contributed by atoms with E-state index in [9.17, 15) is 19.5 Å². The minimum Gasteiger partial charge on any atom is -0.497 e. The standard InChI is InChI=1S/C36H48ClNO7/c1-4-5-6-7-8-9-10-11-12-13-14-15-34(40)44-24-29(39)25-45-35(41)23-31-26(2)38(33-21-20-30(43-3)22-32(31)33)36(42)27-16-18-28(37)19-17-27/h16-22,29,39H,4-15,23-25H2,1-3H3. The second kappa shape index (κ2) is 19.2. The van der Waals surface area contributed by atoms with Gasteiger partial charge in [0, 0.05) is 28.1 Å². The van der Waals surface area contributed by atoms with E-state index in [1.165, 1.54) is 51.4 Å². The molecule has 8 nitrogen and oxygen atoms in total. The molecule has 1 heterocycles. The van der Waals surface area contributed by atoms with Crippen LogP contribution in [-0.2, 0) is 25.5 Å². The Bertz CT molecular complexity index is 1380. The summed E-state index contributed by atoms with van der Waals surface area (Å²) in [6, 6.07) is 11.9. The van der Waals surface area contributed by atoms with Crippen molar-refractivity contribution in [1.82, 2.24) is 4.57 Å². The number of rotatable bonds is 20. The first kappa shape index (κ1) is 36.1. The van der Waals surface area contributed by atoms with Crippen molar-refractivity contribution in [2.45, 2.75) is 103 Å².